The van der Waals surface area contributed by atoms with Crippen molar-refractivity contribution in [2.24, 2.45) is 0 Å². The number of aryl methyl sites for hydroxylation is 1. The molecule has 1 aromatic heterocycles. The summed E-state index contributed by atoms with van der Waals surface area (Å²) in [6, 6.07) is 21.1. The van der Waals surface area contributed by atoms with Crippen molar-refractivity contribution in [3.8, 4) is 34.0 Å². The van der Waals surface area contributed by atoms with Crippen LogP contribution in [0.4, 0.5) is 5.69 Å². The van der Waals surface area contributed by atoms with Crippen molar-refractivity contribution in [3.05, 3.63) is 77.3 Å². The first kappa shape index (κ1) is 24.7. The summed E-state index contributed by atoms with van der Waals surface area (Å²) in [6.07, 6.45) is 0.340. The van der Waals surface area contributed by atoms with Gasteiger partial charge in [-0.05, 0) is 73.2 Å². The van der Waals surface area contributed by atoms with Crippen LogP contribution in [0.15, 0.2) is 71.9 Å². The number of hydrogen-bond acceptors (Lipinski definition) is 5. The monoisotopic (exact) mass is 507 g/mol. The number of imidazole rings is 1. The van der Waals surface area contributed by atoms with Gasteiger partial charge < -0.3 is 19.8 Å². The van der Waals surface area contributed by atoms with Gasteiger partial charge in [0.1, 0.15) is 11.5 Å². The minimum Gasteiger partial charge on any atom is -0.497 e. The third kappa shape index (κ3) is 6.18. The van der Waals surface area contributed by atoms with Crippen molar-refractivity contribution < 1.29 is 14.3 Å². The second kappa shape index (κ2) is 11.3. The lowest BCUT2D eigenvalue weighted by Gasteiger charge is -2.06. The summed E-state index contributed by atoms with van der Waals surface area (Å²) in [7, 11) is 3.29. The van der Waals surface area contributed by atoms with Gasteiger partial charge in [-0.25, -0.2) is 4.98 Å². The van der Waals surface area contributed by atoms with Crippen LogP contribution in [0.5, 0.6) is 11.5 Å². The molecular formula is C27H26ClN3O3S. The van der Waals surface area contributed by atoms with E-state index in [0.29, 0.717) is 22.9 Å². The SMILES string of the molecule is COc1ccc(-c2nc(SCCC(=O)Nc3ccc(C)c(Cl)c3)[nH]c2-c2ccc(OC)cc2)cc1. The van der Waals surface area contributed by atoms with E-state index in [-0.39, 0.29) is 5.91 Å². The van der Waals surface area contributed by atoms with Gasteiger partial charge in [-0.3, -0.25) is 4.79 Å². The van der Waals surface area contributed by atoms with Gasteiger partial charge in [-0.1, -0.05) is 29.4 Å². The zero-order valence-corrected chi connectivity index (χ0v) is 21.3. The molecule has 180 valence electrons. The number of halogens is 1. The summed E-state index contributed by atoms with van der Waals surface area (Å²) in [5.74, 6) is 2.07. The maximum Gasteiger partial charge on any atom is 0.225 e. The van der Waals surface area contributed by atoms with Crippen molar-refractivity contribution in [2.45, 2.75) is 18.5 Å². The number of carbonyl (C=O) groups excluding carboxylic acids is 1. The number of methoxy groups -OCH3 is 2. The van der Waals surface area contributed by atoms with E-state index in [1.807, 2.05) is 67.6 Å². The maximum atomic E-state index is 12.4. The van der Waals surface area contributed by atoms with Gasteiger partial charge in [-0.15, -0.1) is 0 Å². The highest BCUT2D eigenvalue weighted by atomic mass is 35.5. The van der Waals surface area contributed by atoms with Crippen LogP contribution in [0, 0.1) is 6.92 Å². The van der Waals surface area contributed by atoms with E-state index in [4.69, 9.17) is 26.1 Å². The van der Waals surface area contributed by atoms with Gasteiger partial charge in [-0.2, -0.15) is 0 Å². The lowest BCUT2D eigenvalue weighted by Crippen LogP contribution is -2.12. The molecule has 0 saturated heterocycles. The molecule has 3 aromatic carbocycles. The molecule has 0 unspecified atom stereocenters. The summed E-state index contributed by atoms with van der Waals surface area (Å²) >= 11 is 7.65. The highest BCUT2D eigenvalue weighted by Crippen LogP contribution is 2.34. The molecule has 4 aromatic rings. The van der Waals surface area contributed by atoms with Crippen molar-refractivity contribution >= 4 is 35.0 Å². The third-order valence-electron chi connectivity index (χ3n) is 5.45. The molecule has 0 aliphatic heterocycles. The molecule has 0 radical (unpaired) electrons. The number of thioether (sulfide) groups is 1. The molecule has 0 aliphatic rings. The van der Waals surface area contributed by atoms with Crippen LogP contribution in [0.1, 0.15) is 12.0 Å². The number of benzene rings is 3. The van der Waals surface area contributed by atoms with Gasteiger partial charge in [0.05, 0.1) is 25.6 Å². The lowest BCUT2D eigenvalue weighted by molar-refractivity contribution is -0.115. The minimum atomic E-state index is -0.0743. The number of nitrogens with zero attached hydrogens (tertiary/aromatic N) is 1. The second-order valence-corrected chi connectivity index (χ2v) is 9.32. The van der Waals surface area contributed by atoms with Gasteiger partial charge in [0.15, 0.2) is 5.16 Å². The maximum absolute atomic E-state index is 12.4. The molecule has 35 heavy (non-hydrogen) atoms. The largest absolute Gasteiger partial charge is 0.497 e. The Hall–Kier alpha value is -3.42. The fraction of sp³-hybridized carbons (Fsp3) is 0.185. The van der Waals surface area contributed by atoms with E-state index in [2.05, 4.69) is 10.3 Å². The highest BCUT2D eigenvalue weighted by Gasteiger charge is 2.15. The number of aromatic nitrogens is 2. The van der Waals surface area contributed by atoms with E-state index >= 15 is 0 Å². The Morgan fingerprint density at radius 2 is 1.60 bits per heavy atom. The van der Waals surface area contributed by atoms with E-state index in [1.165, 1.54) is 11.8 Å². The quantitative estimate of drug-likeness (QED) is 0.242. The number of carbonyl (C=O) groups is 1. The Labute approximate surface area is 214 Å². The van der Waals surface area contributed by atoms with E-state index < -0.39 is 0 Å². The van der Waals surface area contributed by atoms with Crippen LogP contribution in [0.2, 0.25) is 5.02 Å². The Kier molecular flexibility index (Phi) is 8.00. The van der Waals surface area contributed by atoms with Crippen LogP contribution >= 0.6 is 23.4 Å². The average molecular weight is 508 g/mol. The zero-order chi connectivity index (χ0) is 24.8. The van der Waals surface area contributed by atoms with E-state index in [9.17, 15) is 4.79 Å². The number of hydrogen-bond donors (Lipinski definition) is 2. The Balaban J connectivity index is 1.49. The lowest BCUT2D eigenvalue weighted by atomic mass is 10.0. The van der Waals surface area contributed by atoms with Crippen LogP contribution in [0.25, 0.3) is 22.5 Å². The molecule has 0 spiro atoms. The van der Waals surface area contributed by atoms with Gasteiger partial charge in [0, 0.05) is 34.0 Å². The smallest absolute Gasteiger partial charge is 0.225 e. The first-order valence-electron chi connectivity index (χ1n) is 11.0. The summed E-state index contributed by atoms with van der Waals surface area (Å²) < 4.78 is 10.6. The Bertz CT molecular complexity index is 1240. The molecule has 0 fully saturated rings. The molecule has 2 N–H and O–H groups in total. The van der Waals surface area contributed by atoms with Crippen molar-refractivity contribution in [1.82, 2.24) is 9.97 Å². The molecule has 0 atom stereocenters. The molecule has 6 nitrogen and oxygen atoms in total. The van der Waals surface area contributed by atoms with Crippen molar-refractivity contribution in [2.75, 3.05) is 25.3 Å². The molecule has 8 heteroatoms. The van der Waals surface area contributed by atoms with E-state index in [0.717, 1.165) is 44.7 Å². The summed E-state index contributed by atoms with van der Waals surface area (Å²) in [6.45, 7) is 1.92. The van der Waals surface area contributed by atoms with Crippen molar-refractivity contribution in [1.29, 1.82) is 0 Å². The summed E-state index contributed by atoms with van der Waals surface area (Å²) in [5, 5.41) is 4.27. The van der Waals surface area contributed by atoms with E-state index in [1.54, 1.807) is 20.3 Å². The predicted molar refractivity (Wildman–Crippen MR) is 143 cm³/mol. The number of nitrogens with one attached hydrogen (secondary N) is 2. The fourth-order valence-corrected chi connectivity index (χ4v) is 4.47. The normalized spacial score (nSPS) is 10.7. The third-order valence-corrected chi connectivity index (χ3v) is 6.73. The van der Waals surface area contributed by atoms with Gasteiger partial charge >= 0.3 is 0 Å². The molecular weight excluding hydrogens is 482 g/mol. The molecule has 0 bridgehead atoms. The highest BCUT2D eigenvalue weighted by molar-refractivity contribution is 7.99. The minimum absolute atomic E-state index is 0.0743. The molecule has 0 aliphatic carbocycles. The molecule has 1 heterocycles. The van der Waals surface area contributed by atoms with Crippen LogP contribution in [-0.2, 0) is 4.79 Å². The Morgan fingerprint density at radius 1 is 0.971 bits per heavy atom. The number of H-pyrrole nitrogens is 1. The zero-order valence-electron chi connectivity index (χ0n) is 19.7. The number of rotatable bonds is 9. The van der Waals surface area contributed by atoms with Crippen molar-refractivity contribution in [3.63, 3.8) is 0 Å². The number of amides is 1. The molecule has 1 amide bonds. The van der Waals surface area contributed by atoms with Gasteiger partial charge in [0.25, 0.3) is 0 Å². The van der Waals surface area contributed by atoms with Crippen LogP contribution < -0.4 is 14.8 Å². The van der Waals surface area contributed by atoms with Crippen LogP contribution in [-0.4, -0.2) is 35.8 Å². The summed E-state index contributed by atoms with van der Waals surface area (Å²) in [4.78, 5) is 20.7. The fourth-order valence-electron chi connectivity index (χ4n) is 3.48. The number of ether oxygens (including phenoxy) is 2. The topological polar surface area (TPSA) is 76.2 Å². The Morgan fingerprint density at radius 3 is 2.20 bits per heavy atom. The molecule has 4 rings (SSSR count). The first-order valence-corrected chi connectivity index (χ1v) is 12.4. The van der Waals surface area contributed by atoms with Gasteiger partial charge in [0.2, 0.25) is 5.91 Å². The van der Waals surface area contributed by atoms with Crippen LogP contribution in [0.3, 0.4) is 0 Å². The second-order valence-electron chi connectivity index (χ2n) is 7.83. The average Bonchev–Trinajstić information content (AvgIpc) is 3.30. The first-order chi connectivity index (χ1) is 17.0. The summed E-state index contributed by atoms with van der Waals surface area (Å²) in [5.41, 5.74) is 5.35. The standard InChI is InChI=1S/C27H26ClN3O3S/c1-17-4-9-20(16-23(17)28)29-24(32)14-15-35-27-30-25(18-5-10-21(33-2)11-6-18)26(31-27)19-7-12-22(34-3)13-8-19/h4-13,16H,14-15H2,1-3H3,(H,29,32)(H,30,31). The molecule has 0 saturated carbocycles. The predicted octanol–water partition coefficient (Wildman–Crippen LogP) is 6.84. The number of aromatic amines is 1. The number of anilines is 1.